The van der Waals surface area contributed by atoms with Crippen LogP contribution in [0.4, 0.5) is 11.4 Å². The summed E-state index contributed by atoms with van der Waals surface area (Å²) in [6.07, 6.45) is 2.42. The Bertz CT molecular complexity index is 972. The van der Waals surface area contributed by atoms with Crippen molar-refractivity contribution in [1.29, 1.82) is 0 Å². The van der Waals surface area contributed by atoms with Gasteiger partial charge in [0.1, 0.15) is 0 Å². The van der Waals surface area contributed by atoms with Gasteiger partial charge in [-0.1, -0.05) is 25.1 Å². The summed E-state index contributed by atoms with van der Waals surface area (Å²) in [6, 6.07) is 12.7. The largest absolute Gasteiger partial charge is 0.324 e. The van der Waals surface area contributed by atoms with Crippen LogP contribution in [0.2, 0.25) is 0 Å². The molecule has 26 heavy (non-hydrogen) atoms. The summed E-state index contributed by atoms with van der Waals surface area (Å²) in [5.41, 5.74) is 2.38. The minimum atomic E-state index is -3.67. The fraction of sp³-hybridized carbons (Fsp3) is 0.316. The van der Waals surface area contributed by atoms with E-state index in [4.69, 9.17) is 0 Å². The van der Waals surface area contributed by atoms with Crippen molar-refractivity contribution in [2.24, 2.45) is 0 Å². The van der Waals surface area contributed by atoms with Gasteiger partial charge in [0.25, 0.3) is 10.0 Å². The van der Waals surface area contributed by atoms with Crippen LogP contribution in [-0.4, -0.2) is 26.1 Å². The normalized spacial score (nSPS) is 19.5. The lowest BCUT2D eigenvalue weighted by molar-refractivity contribution is -0.115. The average Bonchev–Trinajstić information content (AvgIpc) is 2.66. The van der Waals surface area contributed by atoms with E-state index in [1.807, 2.05) is 31.2 Å². The molecule has 7 heteroatoms. The van der Waals surface area contributed by atoms with Crippen molar-refractivity contribution >= 4 is 39.1 Å². The Morgan fingerprint density at radius 1 is 1.23 bits per heavy atom. The van der Waals surface area contributed by atoms with Crippen LogP contribution < -0.4 is 9.62 Å². The monoisotopic (exact) mass is 388 g/mol. The van der Waals surface area contributed by atoms with E-state index in [-0.39, 0.29) is 16.1 Å². The fourth-order valence-electron chi connectivity index (χ4n) is 3.43. The van der Waals surface area contributed by atoms with Gasteiger partial charge in [0, 0.05) is 11.4 Å². The smallest absolute Gasteiger partial charge is 0.264 e. The lowest BCUT2D eigenvalue weighted by Gasteiger charge is -2.31. The molecule has 0 aliphatic carbocycles. The van der Waals surface area contributed by atoms with Gasteiger partial charge in [-0.25, -0.2) is 8.42 Å². The molecule has 1 N–H and O–H groups in total. The van der Waals surface area contributed by atoms with E-state index in [0.717, 1.165) is 35.4 Å². The van der Waals surface area contributed by atoms with Gasteiger partial charge in [0.15, 0.2) is 0 Å². The number of rotatable bonds is 3. The summed E-state index contributed by atoms with van der Waals surface area (Å²) in [6.45, 7) is 2.43. The van der Waals surface area contributed by atoms with Gasteiger partial charge in [-0.15, -0.1) is 11.8 Å². The Labute approximate surface area is 157 Å². The van der Waals surface area contributed by atoms with Crippen LogP contribution >= 0.6 is 11.8 Å². The van der Waals surface area contributed by atoms with E-state index in [9.17, 15) is 13.2 Å². The van der Waals surface area contributed by atoms with Gasteiger partial charge >= 0.3 is 0 Å². The Morgan fingerprint density at radius 2 is 2.04 bits per heavy atom. The lowest BCUT2D eigenvalue weighted by atomic mass is 10.0. The molecule has 0 saturated heterocycles. The predicted molar refractivity (Wildman–Crippen MR) is 104 cm³/mol. The number of aryl methyl sites for hydroxylation is 1. The van der Waals surface area contributed by atoms with Crippen molar-refractivity contribution in [1.82, 2.24) is 0 Å². The summed E-state index contributed by atoms with van der Waals surface area (Å²) >= 11 is 1.49. The molecule has 1 amide bonds. The number of nitrogens with zero attached hydrogens (tertiary/aromatic N) is 1. The molecule has 0 spiro atoms. The van der Waals surface area contributed by atoms with Crippen molar-refractivity contribution in [3.63, 3.8) is 0 Å². The molecule has 0 radical (unpaired) electrons. The van der Waals surface area contributed by atoms with Crippen molar-refractivity contribution in [2.45, 2.75) is 41.2 Å². The zero-order valence-corrected chi connectivity index (χ0v) is 16.1. The molecular weight excluding hydrogens is 368 g/mol. The Kier molecular flexibility index (Phi) is 4.44. The minimum Gasteiger partial charge on any atom is -0.324 e. The highest BCUT2D eigenvalue weighted by Gasteiger charge is 2.31. The van der Waals surface area contributed by atoms with E-state index in [0.29, 0.717) is 12.2 Å². The maximum absolute atomic E-state index is 13.2. The molecular formula is C19H20N2O3S2. The van der Waals surface area contributed by atoms with Gasteiger partial charge in [-0.05, 0) is 49.1 Å². The summed E-state index contributed by atoms with van der Waals surface area (Å²) in [5.74, 6) is -0.0668. The van der Waals surface area contributed by atoms with Gasteiger partial charge in [-0.2, -0.15) is 0 Å². The van der Waals surface area contributed by atoms with E-state index < -0.39 is 10.0 Å². The molecule has 0 saturated carbocycles. The first-order chi connectivity index (χ1) is 12.5. The number of benzene rings is 2. The van der Waals surface area contributed by atoms with E-state index >= 15 is 0 Å². The summed E-state index contributed by atoms with van der Waals surface area (Å²) in [7, 11) is -3.67. The Balaban J connectivity index is 1.72. The molecule has 0 bridgehead atoms. The van der Waals surface area contributed by atoms with Crippen LogP contribution in [0.5, 0.6) is 0 Å². The standard InChI is InChI=1S/C19H20N2O3S2/c1-2-17-19(22)20-15-12-14(9-10-18(15)25-17)26(23,24)21-11-5-7-13-6-3-4-8-16(13)21/h3-4,6,8-10,12,17H,2,5,7,11H2,1H3,(H,20,22). The quantitative estimate of drug-likeness (QED) is 0.872. The number of hydrogen-bond donors (Lipinski definition) is 1. The number of sulfonamides is 1. The number of nitrogens with one attached hydrogen (secondary N) is 1. The van der Waals surface area contributed by atoms with E-state index in [2.05, 4.69) is 5.32 Å². The van der Waals surface area contributed by atoms with Crippen LogP contribution in [0.15, 0.2) is 52.3 Å². The summed E-state index contributed by atoms with van der Waals surface area (Å²) in [4.78, 5) is 13.2. The molecule has 2 aromatic rings. The first-order valence-corrected chi connectivity index (χ1v) is 11.0. The zero-order valence-electron chi connectivity index (χ0n) is 14.4. The molecule has 0 aromatic heterocycles. The third-order valence-corrected chi connectivity index (χ3v) is 8.05. The lowest BCUT2D eigenvalue weighted by Crippen LogP contribution is -2.35. The van der Waals surface area contributed by atoms with Crippen LogP contribution in [0.3, 0.4) is 0 Å². The van der Waals surface area contributed by atoms with Crippen molar-refractivity contribution in [3.05, 3.63) is 48.0 Å². The number of fused-ring (bicyclic) bond motifs is 2. The molecule has 2 aliphatic heterocycles. The number of anilines is 2. The molecule has 2 aliphatic rings. The van der Waals surface area contributed by atoms with Crippen LogP contribution in [-0.2, 0) is 21.2 Å². The average molecular weight is 389 g/mol. The minimum absolute atomic E-state index is 0.0668. The van der Waals surface area contributed by atoms with E-state index in [1.54, 1.807) is 18.2 Å². The molecule has 4 rings (SSSR count). The maximum Gasteiger partial charge on any atom is 0.264 e. The number of carbonyl (C=O) groups is 1. The number of carbonyl (C=O) groups excluding carboxylic acids is 1. The molecule has 5 nitrogen and oxygen atoms in total. The third kappa shape index (κ3) is 2.89. The van der Waals surface area contributed by atoms with Crippen LogP contribution in [0, 0.1) is 0 Å². The summed E-state index contributed by atoms with van der Waals surface area (Å²) in [5, 5.41) is 2.73. The molecule has 2 aromatic carbocycles. The second-order valence-corrected chi connectivity index (χ2v) is 9.58. The van der Waals surface area contributed by atoms with Crippen LogP contribution in [0.25, 0.3) is 0 Å². The Morgan fingerprint density at radius 3 is 2.85 bits per heavy atom. The molecule has 1 unspecified atom stereocenters. The van der Waals surface area contributed by atoms with E-state index in [1.165, 1.54) is 16.1 Å². The summed E-state index contributed by atoms with van der Waals surface area (Å²) < 4.78 is 28.0. The van der Waals surface area contributed by atoms with Crippen molar-refractivity contribution in [3.8, 4) is 0 Å². The first-order valence-electron chi connectivity index (χ1n) is 8.73. The molecule has 1 atom stereocenters. The number of para-hydroxylation sites is 1. The SMILES string of the molecule is CCC1Sc2ccc(S(=O)(=O)N3CCCc4ccccc43)cc2NC1=O. The molecule has 136 valence electrons. The molecule has 0 fully saturated rings. The first kappa shape index (κ1) is 17.4. The Hall–Kier alpha value is -1.99. The van der Waals surface area contributed by atoms with Gasteiger partial charge in [0.2, 0.25) is 5.91 Å². The highest BCUT2D eigenvalue weighted by molar-refractivity contribution is 8.01. The highest BCUT2D eigenvalue weighted by Crippen LogP contribution is 2.39. The maximum atomic E-state index is 13.2. The fourth-order valence-corrected chi connectivity index (χ4v) is 6.03. The second kappa shape index (κ2) is 6.63. The van der Waals surface area contributed by atoms with Gasteiger partial charge in [0.05, 0.1) is 21.5 Å². The van der Waals surface area contributed by atoms with Gasteiger partial charge < -0.3 is 5.32 Å². The number of amides is 1. The molecule has 2 heterocycles. The van der Waals surface area contributed by atoms with Crippen molar-refractivity contribution in [2.75, 3.05) is 16.2 Å². The highest BCUT2D eigenvalue weighted by atomic mass is 32.2. The number of thioether (sulfide) groups is 1. The predicted octanol–water partition coefficient (Wildman–Crippen LogP) is 3.65. The van der Waals surface area contributed by atoms with Crippen LogP contribution in [0.1, 0.15) is 25.3 Å². The topological polar surface area (TPSA) is 66.5 Å². The van der Waals surface area contributed by atoms with Gasteiger partial charge in [-0.3, -0.25) is 9.10 Å². The second-order valence-electron chi connectivity index (χ2n) is 6.47. The van der Waals surface area contributed by atoms with Crippen molar-refractivity contribution < 1.29 is 13.2 Å². The third-order valence-electron chi connectivity index (χ3n) is 4.80. The zero-order chi connectivity index (χ0) is 18.3. The number of hydrogen-bond acceptors (Lipinski definition) is 4.